The van der Waals surface area contributed by atoms with Crippen LogP contribution in [0, 0.1) is 11.6 Å². The first kappa shape index (κ1) is 14.7. The number of ether oxygens (including phenoxy) is 1. The molecule has 1 N–H and O–H groups in total. The maximum absolute atomic E-state index is 13.1. The number of halogens is 2. The number of nitrogens with one attached hydrogen (secondary N) is 1. The number of carbonyl (C=O) groups excluding carboxylic acids is 1. The second kappa shape index (κ2) is 6.65. The normalized spacial score (nSPS) is 16.2. The van der Waals surface area contributed by atoms with Gasteiger partial charge >= 0.3 is 6.09 Å². The van der Waals surface area contributed by atoms with Crippen molar-refractivity contribution in [1.29, 1.82) is 0 Å². The van der Waals surface area contributed by atoms with Gasteiger partial charge in [0, 0.05) is 5.56 Å². The zero-order valence-corrected chi connectivity index (χ0v) is 11.5. The fraction of sp³-hybridized carbons (Fsp3) is 0.500. The molecule has 2 rings (SSSR count). The number of hydrogen-bond donors (Lipinski definition) is 1. The van der Waals surface area contributed by atoms with Crippen LogP contribution in [-0.2, 0) is 11.3 Å². The van der Waals surface area contributed by atoms with Gasteiger partial charge in [-0.2, -0.15) is 0 Å². The van der Waals surface area contributed by atoms with E-state index in [1.807, 2.05) is 0 Å². The maximum Gasteiger partial charge on any atom is 0.410 e. The summed E-state index contributed by atoms with van der Waals surface area (Å²) < 4.78 is 30.9. The van der Waals surface area contributed by atoms with E-state index < -0.39 is 11.6 Å². The maximum atomic E-state index is 13.1. The summed E-state index contributed by atoms with van der Waals surface area (Å²) in [6.07, 6.45) is -0.278. The lowest BCUT2D eigenvalue weighted by Crippen LogP contribution is -3.13. The van der Waals surface area contributed by atoms with E-state index in [9.17, 15) is 13.6 Å². The Morgan fingerprint density at radius 2 is 2.00 bits per heavy atom. The van der Waals surface area contributed by atoms with Crippen molar-refractivity contribution in [3.05, 3.63) is 35.4 Å². The third-order valence-electron chi connectivity index (χ3n) is 3.43. The minimum atomic E-state index is -0.823. The lowest BCUT2D eigenvalue weighted by Gasteiger charge is -2.31. The Morgan fingerprint density at radius 3 is 2.60 bits per heavy atom. The highest BCUT2D eigenvalue weighted by molar-refractivity contribution is 5.67. The largest absolute Gasteiger partial charge is 0.450 e. The van der Waals surface area contributed by atoms with Gasteiger partial charge in [-0.1, -0.05) is 6.07 Å². The Kier molecular flexibility index (Phi) is 4.89. The van der Waals surface area contributed by atoms with E-state index in [4.69, 9.17) is 4.74 Å². The molecule has 1 saturated heterocycles. The van der Waals surface area contributed by atoms with Crippen LogP contribution in [0.4, 0.5) is 13.6 Å². The van der Waals surface area contributed by atoms with Crippen molar-refractivity contribution in [3.63, 3.8) is 0 Å². The molecule has 1 aliphatic heterocycles. The van der Waals surface area contributed by atoms with Crippen molar-refractivity contribution in [2.75, 3.05) is 32.8 Å². The number of rotatable bonds is 3. The molecule has 0 aliphatic carbocycles. The van der Waals surface area contributed by atoms with Crippen LogP contribution in [-0.4, -0.2) is 43.8 Å². The van der Waals surface area contributed by atoms with E-state index in [0.29, 0.717) is 26.2 Å². The van der Waals surface area contributed by atoms with Crippen molar-refractivity contribution < 1.29 is 23.2 Å². The molecule has 20 heavy (non-hydrogen) atoms. The van der Waals surface area contributed by atoms with Gasteiger partial charge in [0.15, 0.2) is 11.6 Å². The first-order valence-corrected chi connectivity index (χ1v) is 6.79. The topological polar surface area (TPSA) is 34.0 Å². The Labute approximate surface area is 116 Å². The second-order valence-electron chi connectivity index (χ2n) is 4.86. The third kappa shape index (κ3) is 3.66. The van der Waals surface area contributed by atoms with Crippen LogP contribution >= 0.6 is 0 Å². The lowest BCUT2D eigenvalue weighted by atomic mass is 10.2. The molecule has 0 aromatic heterocycles. The van der Waals surface area contributed by atoms with Gasteiger partial charge < -0.3 is 9.64 Å². The van der Waals surface area contributed by atoms with E-state index in [1.165, 1.54) is 11.0 Å². The summed E-state index contributed by atoms with van der Waals surface area (Å²) >= 11 is 0. The van der Waals surface area contributed by atoms with E-state index >= 15 is 0 Å². The van der Waals surface area contributed by atoms with Crippen LogP contribution in [0.25, 0.3) is 0 Å². The summed E-state index contributed by atoms with van der Waals surface area (Å²) in [5.74, 6) is -1.64. The highest BCUT2D eigenvalue weighted by Gasteiger charge is 2.24. The van der Waals surface area contributed by atoms with E-state index in [2.05, 4.69) is 0 Å². The zero-order chi connectivity index (χ0) is 14.5. The van der Waals surface area contributed by atoms with Crippen molar-refractivity contribution >= 4 is 6.09 Å². The predicted molar refractivity (Wildman–Crippen MR) is 69.4 cm³/mol. The number of hydrogen-bond acceptors (Lipinski definition) is 2. The Balaban J connectivity index is 1.85. The van der Waals surface area contributed by atoms with Crippen LogP contribution in [0.2, 0.25) is 0 Å². The SMILES string of the molecule is CCOC(=O)N1CC[NH+](Cc2ccc(F)c(F)c2)CC1. The van der Waals surface area contributed by atoms with E-state index in [0.717, 1.165) is 24.7 Å². The Bertz CT molecular complexity index is 474. The number of quaternary nitrogens is 1. The van der Waals surface area contributed by atoms with Crippen LogP contribution in [0.3, 0.4) is 0 Å². The van der Waals surface area contributed by atoms with Gasteiger partial charge in [-0.3, -0.25) is 4.90 Å². The molecular weight excluding hydrogens is 266 g/mol. The molecule has 1 heterocycles. The molecule has 1 fully saturated rings. The molecule has 0 atom stereocenters. The molecule has 0 saturated carbocycles. The smallest absolute Gasteiger partial charge is 0.410 e. The van der Waals surface area contributed by atoms with Crippen LogP contribution < -0.4 is 4.90 Å². The summed E-state index contributed by atoms with van der Waals surface area (Å²) in [7, 11) is 0. The van der Waals surface area contributed by atoms with Gasteiger partial charge in [0.05, 0.1) is 32.8 Å². The number of piperazine rings is 1. The van der Waals surface area contributed by atoms with Crippen molar-refractivity contribution in [1.82, 2.24) is 4.90 Å². The van der Waals surface area contributed by atoms with E-state index in [1.54, 1.807) is 17.9 Å². The van der Waals surface area contributed by atoms with Crippen molar-refractivity contribution in [2.24, 2.45) is 0 Å². The van der Waals surface area contributed by atoms with Crippen LogP contribution in [0.15, 0.2) is 18.2 Å². The molecule has 0 bridgehead atoms. The van der Waals surface area contributed by atoms with Crippen LogP contribution in [0.1, 0.15) is 12.5 Å². The fourth-order valence-corrected chi connectivity index (χ4v) is 2.34. The fourth-order valence-electron chi connectivity index (χ4n) is 2.34. The van der Waals surface area contributed by atoms with Gasteiger partial charge in [-0.05, 0) is 19.1 Å². The molecule has 0 unspecified atom stereocenters. The van der Waals surface area contributed by atoms with Gasteiger partial charge in [-0.25, -0.2) is 13.6 Å². The minimum absolute atomic E-state index is 0.278. The lowest BCUT2D eigenvalue weighted by molar-refractivity contribution is -0.917. The summed E-state index contributed by atoms with van der Waals surface area (Å²) in [5, 5.41) is 0. The molecular formula is C14H19F2N2O2+. The molecule has 1 amide bonds. The number of nitrogens with zero attached hydrogens (tertiary/aromatic N) is 1. The van der Waals surface area contributed by atoms with Gasteiger partial charge in [-0.15, -0.1) is 0 Å². The van der Waals surface area contributed by atoms with Crippen LogP contribution in [0.5, 0.6) is 0 Å². The van der Waals surface area contributed by atoms with Gasteiger partial charge in [0.2, 0.25) is 0 Å². The molecule has 1 aromatic carbocycles. The van der Waals surface area contributed by atoms with E-state index in [-0.39, 0.29) is 6.09 Å². The molecule has 0 radical (unpaired) electrons. The standard InChI is InChI=1S/C14H18F2N2O2/c1-2-20-14(19)18-7-5-17(6-8-18)10-11-3-4-12(15)13(16)9-11/h3-4,9H,2,5-8,10H2,1H3/p+1. The quantitative estimate of drug-likeness (QED) is 0.892. The minimum Gasteiger partial charge on any atom is -0.450 e. The third-order valence-corrected chi connectivity index (χ3v) is 3.43. The number of amides is 1. The van der Waals surface area contributed by atoms with Gasteiger partial charge in [0.25, 0.3) is 0 Å². The Morgan fingerprint density at radius 1 is 1.30 bits per heavy atom. The summed E-state index contributed by atoms with van der Waals surface area (Å²) in [5.41, 5.74) is 0.767. The zero-order valence-electron chi connectivity index (χ0n) is 11.5. The predicted octanol–water partition coefficient (Wildman–Crippen LogP) is 0.822. The first-order chi connectivity index (χ1) is 9.60. The highest BCUT2D eigenvalue weighted by Crippen LogP contribution is 2.07. The molecule has 4 nitrogen and oxygen atoms in total. The average molecular weight is 285 g/mol. The number of benzene rings is 1. The van der Waals surface area contributed by atoms with Gasteiger partial charge in [0.1, 0.15) is 6.54 Å². The van der Waals surface area contributed by atoms with Crippen molar-refractivity contribution in [2.45, 2.75) is 13.5 Å². The molecule has 1 aliphatic rings. The summed E-state index contributed by atoms with van der Waals surface area (Å²) in [6, 6.07) is 3.99. The number of carbonyl (C=O) groups is 1. The highest BCUT2D eigenvalue weighted by atomic mass is 19.2. The summed E-state index contributed by atoms with van der Waals surface area (Å²) in [6.45, 7) is 5.59. The Hall–Kier alpha value is -1.69. The molecule has 1 aromatic rings. The second-order valence-corrected chi connectivity index (χ2v) is 4.86. The molecule has 0 spiro atoms. The molecule has 110 valence electrons. The van der Waals surface area contributed by atoms with Crippen molar-refractivity contribution in [3.8, 4) is 0 Å². The first-order valence-electron chi connectivity index (χ1n) is 6.79. The molecule has 6 heteroatoms. The summed E-state index contributed by atoms with van der Waals surface area (Å²) in [4.78, 5) is 14.5. The monoisotopic (exact) mass is 285 g/mol. The average Bonchev–Trinajstić information content (AvgIpc) is 2.44.